The number of hydrogen-bond acceptors (Lipinski definition) is 2. The number of hydrogen-bond donors (Lipinski definition) is 1. The quantitative estimate of drug-likeness (QED) is 0.804. The third-order valence-electron chi connectivity index (χ3n) is 2.05. The fraction of sp³-hybridized carbons (Fsp3) is 1.00. The predicted octanol–water partition coefficient (Wildman–Crippen LogP) is 1.78. The van der Waals surface area contributed by atoms with E-state index < -0.39 is 5.92 Å². The molecular formula is C8H18Cl2F2N2. The van der Waals surface area contributed by atoms with Gasteiger partial charge in [-0.15, -0.1) is 24.8 Å². The van der Waals surface area contributed by atoms with E-state index in [-0.39, 0.29) is 43.7 Å². The Morgan fingerprint density at radius 3 is 2.36 bits per heavy atom. The lowest BCUT2D eigenvalue weighted by atomic mass is 10.0. The second-order valence-electron chi connectivity index (χ2n) is 3.72. The maximum Gasteiger partial charge on any atom is 0.250 e. The third kappa shape index (κ3) is 5.96. The Morgan fingerprint density at radius 2 is 1.93 bits per heavy atom. The van der Waals surface area contributed by atoms with Crippen molar-refractivity contribution >= 4 is 24.8 Å². The highest BCUT2D eigenvalue weighted by atomic mass is 35.5. The van der Waals surface area contributed by atoms with Crippen LogP contribution in [-0.2, 0) is 0 Å². The van der Waals surface area contributed by atoms with Gasteiger partial charge in [0.2, 0.25) is 0 Å². The van der Waals surface area contributed by atoms with Gasteiger partial charge in [0.15, 0.2) is 0 Å². The zero-order valence-electron chi connectivity index (χ0n) is 8.43. The van der Waals surface area contributed by atoms with E-state index in [1.807, 2.05) is 19.0 Å². The fourth-order valence-electron chi connectivity index (χ4n) is 1.56. The minimum Gasteiger partial charge on any atom is -0.312 e. The number of rotatable bonds is 2. The first kappa shape index (κ1) is 16.8. The molecular weight excluding hydrogens is 233 g/mol. The molecule has 88 valence electrons. The Morgan fingerprint density at radius 1 is 1.36 bits per heavy atom. The second-order valence-corrected chi connectivity index (χ2v) is 3.72. The van der Waals surface area contributed by atoms with Gasteiger partial charge >= 0.3 is 0 Å². The van der Waals surface area contributed by atoms with Crippen LogP contribution in [0, 0.1) is 0 Å². The van der Waals surface area contributed by atoms with Crippen molar-refractivity contribution in [2.45, 2.75) is 24.8 Å². The van der Waals surface area contributed by atoms with Crippen molar-refractivity contribution in [3.63, 3.8) is 0 Å². The highest BCUT2D eigenvalue weighted by Crippen LogP contribution is 2.27. The summed E-state index contributed by atoms with van der Waals surface area (Å²) in [7, 11) is 3.79. The molecule has 0 saturated carbocycles. The lowest BCUT2D eigenvalue weighted by Crippen LogP contribution is -2.48. The van der Waals surface area contributed by atoms with Crippen LogP contribution in [-0.4, -0.2) is 44.0 Å². The maximum absolute atomic E-state index is 12.8. The lowest BCUT2D eigenvalue weighted by molar-refractivity contribution is -0.0432. The van der Waals surface area contributed by atoms with Crippen molar-refractivity contribution in [3.05, 3.63) is 0 Å². The molecule has 0 aromatic heterocycles. The Labute approximate surface area is 96.2 Å². The van der Waals surface area contributed by atoms with E-state index in [4.69, 9.17) is 0 Å². The first-order valence-electron chi connectivity index (χ1n) is 4.25. The van der Waals surface area contributed by atoms with Gasteiger partial charge < -0.3 is 10.2 Å². The summed E-state index contributed by atoms with van der Waals surface area (Å²) in [5.41, 5.74) is 0. The smallest absolute Gasteiger partial charge is 0.250 e. The van der Waals surface area contributed by atoms with Crippen LogP contribution in [0.15, 0.2) is 0 Å². The fourth-order valence-corrected chi connectivity index (χ4v) is 1.56. The molecule has 14 heavy (non-hydrogen) atoms. The molecule has 1 heterocycles. The van der Waals surface area contributed by atoms with E-state index in [9.17, 15) is 8.78 Å². The summed E-state index contributed by atoms with van der Waals surface area (Å²) in [5, 5.41) is 3.08. The minimum atomic E-state index is -2.45. The van der Waals surface area contributed by atoms with Gasteiger partial charge in [0.1, 0.15) is 0 Å². The molecule has 1 rings (SSSR count). The van der Waals surface area contributed by atoms with Crippen LogP contribution in [0.3, 0.4) is 0 Å². The highest BCUT2D eigenvalue weighted by molar-refractivity contribution is 5.85. The van der Waals surface area contributed by atoms with E-state index in [0.717, 1.165) is 0 Å². The lowest BCUT2D eigenvalue weighted by Gasteiger charge is -2.31. The van der Waals surface area contributed by atoms with E-state index in [2.05, 4.69) is 5.32 Å². The van der Waals surface area contributed by atoms with Crippen molar-refractivity contribution in [1.82, 2.24) is 10.2 Å². The van der Waals surface area contributed by atoms with E-state index in [1.165, 1.54) is 0 Å². The van der Waals surface area contributed by atoms with Crippen LogP contribution in [0.1, 0.15) is 12.8 Å². The van der Waals surface area contributed by atoms with E-state index in [1.54, 1.807) is 0 Å². The van der Waals surface area contributed by atoms with Gasteiger partial charge in [-0.3, -0.25) is 0 Å². The third-order valence-corrected chi connectivity index (χ3v) is 2.05. The van der Waals surface area contributed by atoms with Gasteiger partial charge in [0, 0.05) is 32.0 Å². The number of nitrogens with one attached hydrogen (secondary N) is 1. The van der Waals surface area contributed by atoms with Gasteiger partial charge in [-0.05, 0) is 14.1 Å². The van der Waals surface area contributed by atoms with Crippen molar-refractivity contribution in [2.24, 2.45) is 0 Å². The molecule has 1 aliphatic rings. The summed E-state index contributed by atoms with van der Waals surface area (Å²) in [6.45, 7) is 1.13. The van der Waals surface area contributed by atoms with E-state index >= 15 is 0 Å². The summed E-state index contributed by atoms with van der Waals surface area (Å²) >= 11 is 0. The molecule has 0 amide bonds. The molecule has 0 bridgehead atoms. The van der Waals surface area contributed by atoms with Crippen molar-refractivity contribution < 1.29 is 8.78 Å². The normalized spacial score (nSPS) is 25.1. The Balaban J connectivity index is 0. The number of piperidine rings is 1. The standard InChI is InChI=1S/C8H16F2N2.2ClH/c1-12(2)6-7-5-8(9,10)3-4-11-7;;/h7,11H,3-6H2,1-2H3;2*1H/t7-;;/m0../s1. The molecule has 1 saturated heterocycles. The zero-order valence-corrected chi connectivity index (χ0v) is 10.1. The predicted molar refractivity (Wildman–Crippen MR) is 59.0 cm³/mol. The number of nitrogens with zero attached hydrogens (tertiary/aromatic N) is 1. The molecule has 1 aliphatic heterocycles. The number of alkyl halides is 2. The van der Waals surface area contributed by atoms with Gasteiger partial charge in [0.25, 0.3) is 5.92 Å². The van der Waals surface area contributed by atoms with Gasteiger partial charge in [0.05, 0.1) is 0 Å². The summed E-state index contributed by atoms with van der Waals surface area (Å²) in [4.78, 5) is 1.93. The topological polar surface area (TPSA) is 15.3 Å². The van der Waals surface area contributed by atoms with Crippen LogP contribution >= 0.6 is 24.8 Å². The maximum atomic E-state index is 12.8. The zero-order chi connectivity index (χ0) is 9.19. The van der Waals surface area contributed by atoms with Crippen LogP contribution in [0.2, 0.25) is 0 Å². The van der Waals surface area contributed by atoms with E-state index in [0.29, 0.717) is 13.1 Å². The summed E-state index contributed by atoms with van der Waals surface area (Å²) in [6, 6.07) is -0.0521. The summed E-state index contributed by atoms with van der Waals surface area (Å²) in [6.07, 6.45) is -0.0396. The molecule has 2 nitrogen and oxygen atoms in total. The van der Waals surface area contributed by atoms with Crippen LogP contribution < -0.4 is 5.32 Å². The van der Waals surface area contributed by atoms with Crippen LogP contribution in [0.25, 0.3) is 0 Å². The average Bonchev–Trinajstić information content (AvgIpc) is 1.82. The average molecular weight is 251 g/mol. The molecule has 0 aromatic rings. The number of halogens is 4. The van der Waals surface area contributed by atoms with Gasteiger partial charge in [-0.1, -0.05) is 0 Å². The second kappa shape index (κ2) is 6.77. The van der Waals surface area contributed by atoms with Gasteiger partial charge in [-0.2, -0.15) is 0 Å². The molecule has 1 fully saturated rings. The Kier molecular flexibility index (Phi) is 8.12. The first-order valence-corrected chi connectivity index (χ1v) is 4.25. The monoisotopic (exact) mass is 250 g/mol. The van der Waals surface area contributed by atoms with Crippen LogP contribution in [0.5, 0.6) is 0 Å². The SMILES string of the molecule is CN(C)C[C@@H]1CC(F)(F)CCN1.Cl.Cl. The Hall–Kier alpha value is 0.360. The number of likely N-dealkylation sites (N-methyl/N-ethyl adjacent to an activating group) is 1. The minimum absolute atomic E-state index is 0. The molecule has 0 radical (unpaired) electrons. The molecule has 6 heteroatoms. The Bertz CT molecular complexity index is 156. The first-order chi connectivity index (χ1) is 5.49. The van der Waals surface area contributed by atoms with Crippen molar-refractivity contribution in [1.29, 1.82) is 0 Å². The van der Waals surface area contributed by atoms with Crippen molar-refractivity contribution in [3.8, 4) is 0 Å². The molecule has 0 unspecified atom stereocenters. The highest BCUT2D eigenvalue weighted by Gasteiger charge is 2.35. The molecule has 1 N–H and O–H groups in total. The van der Waals surface area contributed by atoms with Crippen molar-refractivity contribution in [2.75, 3.05) is 27.2 Å². The summed E-state index contributed by atoms with van der Waals surface area (Å²) in [5.74, 6) is -2.45. The molecule has 0 spiro atoms. The molecule has 0 aromatic carbocycles. The van der Waals surface area contributed by atoms with Gasteiger partial charge in [-0.25, -0.2) is 8.78 Å². The molecule has 0 aliphatic carbocycles. The molecule has 1 atom stereocenters. The van der Waals surface area contributed by atoms with Crippen LogP contribution in [0.4, 0.5) is 8.78 Å². The summed E-state index contributed by atoms with van der Waals surface area (Å²) < 4.78 is 25.7. The largest absolute Gasteiger partial charge is 0.312 e.